The van der Waals surface area contributed by atoms with E-state index in [4.69, 9.17) is 27.8 Å². The first-order valence-corrected chi connectivity index (χ1v) is 7.15. The zero-order chi connectivity index (χ0) is 14.8. The van der Waals surface area contributed by atoms with Crippen LogP contribution in [0.3, 0.4) is 0 Å². The molecule has 0 fully saturated rings. The Morgan fingerprint density at radius 2 is 1.95 bits per heavy atom. The van der Waals surface area contributed by atoms with Crippen molar-refractivity contribution in [1.29, 1.82) is 0 Å². The van der Waals surface area contributed by atoms with Gasteiger partial charge in [-0.1, -0.05) is 11.6 Å². The third-order valence-electron chi connectivity index (χ3n) is 2.11. The Kier molecular flexibility index (Phi) is 4.38. The maximum absolute atomic E-state index is 11.7. The molecule has 1 amide bonds. The number of nitrogens with zero attached hydrogens (tertiary/aromatic N) is 1. The van der Waals surface area contributed by atoms with E-state index < -0.39 is 21.7 Å². The molecule has 0 aliphatic heterocycles. The molecular formula is C10H12ClN3O4S. The average Bonchev–Trinajstić information content (AvgIpc) is 2.25. The molecule has 0 aliphatic rings. The Hall–Kier alpha value is -1.80. The van der Waals surface area contributed by atoms with Gasteiger partial charge in [-0.05, 0) is 6.07 Å². The summed E-state index contributed by atoms with van der Waals surface area (Å²) in [6, 6.07) is 2.29. The van der Waals surface area contributed by atoms with E-state index in [2.05, 4.69) is 4.99 Å². The second kappa shape index (κ2) is 5.45. The number of amides is 1. The van der Waals surface area contributed by atoms with Crippen molar-refractivity contribution in [2.45, 2.75) is 4.90 Å². The van der Waals surface area contributed by atoms with Gasteiger partial charge in [-0.25, -0.2) is 8.42 Å². The minimum Gasteiger partial charge on any atom is -0.495 e. The Bertz CT molecular complexity index is 651. The molecule has 0 unspecified atom stereocenters. The van der Waals surface area contributed by atoms with Gasteiger partial charge in [0.25, 0.3) is 5.91 Å². The minimum absolute atomic E-state index is 0.0146. The topological polar surface area (TPSA) is 125 Å². The molecule has 1 aromatic rings. The monoisotopic (exact) mass is 305 g/mol. The van der Waals surface area contributed by atoms with E-state index in [1.807, 2.05) is 0 Å². The van der Waals surface area contributed by atoms with Gasteiger partial charge in [0.1, 0.15) is 10.6 Å². The van der Waals surface area contributed by atoms with Crippen LogP contribution in [-0.2, 0) is 9.84 Å². The molecule has 9 heteroatoms. The Balaban J connectivity index is 3.53. The summed E-state index contributed by atoms with van der Waals surface area (Å²) in [5.74, 6) is -1.25. The number of carbonyl (C=O) groups excluding carboxylic acids is 1. The van der Waals surface area contributed by atoms with Crippen LogP contribution in [0.15, 0.2) is 22.0 Å². The van der Waals surface area contributed by atoms with Crippen molar-refractivity contribution in [1.82, 2.24) is 0 Å². The van der Waals surface area contributed by atoms with Crippen LogP contribution in [-0.4, -0.2) is 33.7 Å². The smallest absolute Gasteiger partial charge is 0.281 e. The molecule has 0 radical (unpaired) electrons. The predicted molar refractivity (Wildman–Crippen MR) is 71.3 cm³/mol. The maximum Gasteiger partial charge on any atom is 0.281 e. The van der Waals surface area contributed by atoms with E-state index in [-0.39, 0.29) is 21.2 Å². The fourth-order valence-corrected chi connectivity index (χ4v) is 2.40. The van der Waals surface area contributed by atoms with E-state index in [0.717, 1.165) is 12.3 Å². The highest BCUT2D eigenvalue weighted by molar-refractivity contribution is 7.90. The highest BCUT2D eigenvalue weighted by atomic mass is 35.5. The summed E-state index contributed by atoms with van der Waals surface area (Å²) >= 11 is 5.86. The molecule has 0 bridgehead atoms. The van der Waals surface area contributed by atoms with Gasteiger partial charge in [0.05, 0.1) is 17.7 Å². The second-order valence-electron chi connectivity index (χ2n) is 3.60. The van der Waals surface area contributed by atoms with Crippen molar-refractivity contribution >= 4 is 33.3 Å². The largest absolute Gasteiger partial charge is 0.495 e. The summed E-state index contributed by atoms with van der Waals surface area (Å²) < 4.78 is 28.1. The van der Waals surface area contributed by atoms with Crippen LogP contribution >= 0.6 is 11.6 Å². The molecular weight excluding hydrogens is 294 g/mol. The average molecular weight is 306 g/mol. The van der Waals surface area contributed by atoms with E-state index in [9.17, 15) is 13.2 Å². The fraction of sp³-hybridized carbons (Fsp3) is 0.200. The zero-order valence-corrected chi connectivity index (χ0v) is 11.7. The van der Waals surface area contributed by atoms with Crippen LogP contribution in [0.1, 0.15) is 10.4 Å². The van der Waals surface area contributed by atoms with Gasteiger partial charge in [0.15, 0.2) is 15.8 Å². The number of guanidine groups is 1. The van der Waals surface area contributed by atoms with E-state index in [0.29, 0.717) is 0 Å². The van der Waals surface area contributed by atoms with Gasteiger partial charge in [-0.15, -0.1) is 0 Å². The van der Waals surface area contributed by atoms with Crippen LogP contribution < -0.4 is 16.2 Å². The summed E-state index contributed by atoms with van der Waals surface area (Å²) in [5.41, 5.74) is 10.0. The number of carbonyl (C=O) groups is 1. The number of halogens is 1. The molecule has 0 aromatic heterocycles. The molecule has 0 heterocycles. The third kappa shape index (κ3) is 3.58. The van der Waals surface area contributed by atoms with E-state index in [1.165, 1.54) is 13.2 Å². The Morgan fingerprint density at radius 1 is 1.37 bits per heavy atom. The normalized spacial score (nSPS) is 10.9. The Morgan fingerprint density at radius 3 is 2.37 bits per heavy atom. The molecule has 0 atom stereocenters. The number of rotatable bonds is 3. The zero-order valence-electron chi connectivity index (χ0n) is 10.2. The molecule has 1 rings (SSSR count). The molecule has 0 saturated carbocycles. The molecule has 7 nitrogen and oxygen atoms in total. The van der Waals surface area contributed by atoms with Crippen molar-refractivity contribution in [3.05, 3.63) is 22.7 Å². The lowest BCUT2D eigenvalue weighted by molar-refractivity contribution is 0.100. The van der Waals surface area contributed by atoms with Gasteiger partial charge < -0.3 is 16.2 Å². The van der Waals surface area contributed by atoms with Crippen molar-refractivity contribution in [2.24, 2.45) is 16.5 Å². The van der Waals surface area contributed by atoms with Gasteiger partial charge in [0, 0.05) is 12.3 Å². The molecule has 0 saturated heterocycles. The summed E-state index contributed by atoms with van der Waals surface area (Å²) in [4.78, 5) is 14.8. The molecule has 0 spiro atoms. The number of hydrogen-bond donors (Lipinski definition) is 2. The van der Waals surface area contributed by atoms with E-state index in [1.54, 1.807) is 0 Å². The summed E-state index contributed by atoms with van der Waals surface area (Å²) in [7, 11) is -2.30. The van der Waals surface area contributed by atoms with Crippen molar-refractivity contribution < 1.29 is 17.9 Å². The van der Waals surface area contributed by atoms with Gasteiger partial charge in [-0.3, -0.25) is 4.79 Å². The lowest BCUT2D eigenvalue weighted by Crippen LogP contribution is -2.24. The molecule has 1 aromatic carbocycles. The van der Waals surface area contributed by atoms with E-state index >= 15 is 0 Å². The first-order valence-electron chi connectivity index (χ1n) is 4.88. The van der Waals surface area contributed by atoms with Gasteiger partial charge >= 0.3 is 0 Å². The maximum atomic E-state index is 11.7. The summed E-state index contributed by atoms with van der Waals surface area (Å²) in [6.45, 7) is 0. The highest BCUT2D eigenvalue weighted by Gasteiger charge is 2.20. The number of hydrogen-bond acceptors (Lipinski definition) is 4. The number of methoxy groups -OCH3 is 1. The van der Waals surface area contributed by atoms with Crippen molar-refractivity contribution in [2.75, 3.05) is 13.4 Å². The second-order valence-corrected chi connectivity index (χ2v) is 5.99. The van der Waals surface area contributed by atoms with Gasteiger partial charge in [0.2, 0.25) is 0 Å². The van der Waals surface area contributed by atoms with Crippen LogP contribution in [0.25, 0.3) is 0 Å². The highest BCUT2D eigenvalue weighted by Crippen LogP contribution is 2.30. The molecule has 104 valence electrons. The van der Waals surface area contributed by atoms with Crippen LogP contribution in [0.4, 0.5) is 0 Å². The number of sulfone groups is 1. The number of aliphatic imine (C=N–C) groups is 1. The third-order valence-corrected chi connectivity index (χ3v) is 3.54. The van der Waals surface area contributed by atoms with Crippen LogP contribution in [0.2, 0.25) is 5.02 Å². The number of benzene rings is 1. The van der Waals surface area contributed by atoms with Crippen LogP contribution in [0, 0.1) is 0 Å². The van der Waals surface area contributed by atoms with Crippen molar-refractivity contribution in [3.63, 3.8) is 0 Å². The molecule has 0 aliphatic carbocycles. The van der Waals surface area contributed by atoms with Gasteiger partial charge in [-0.2, -0.15) is 4.99 Å². The predicted octanol–water partition coefficient (Wildman–Crippen LogP) is 0.166. The fourth-order valence-electron chi connectivity index (χ4n) is 1.33. The molecule has 19 heavy (non-hydrogen) atoms. The summed E-state index contributed by atoms with van der Waals surface area (Å²) in [5, 5.41) is -0.0146. The standard InChI is InChI=1S/C10H12ClN3O4S/c1-18-7-4-6(11)5(9(15)14-10(12)13)3-8(7)19(2,16)17/h3-4H,1-2H3,(H4,12,13,14,15). The number of nitrogens with two attached hydrogens (primary N) is 2. The lowest BCUT2D eigenvalue weighted by atomic mass is 10.2. The lowest BCUT2D eigenvalue weighted by Gasteiger charge is -2.09. The quantitative estimate of drug-likeness (QED) is 0.605. The summed E-state index contributed by atoms with van der Waals surface area (Å²) in [6.07, 6.45) is 0.980. The first-order chi connectivity index (χ1) is 8.66. The van der Waals surface area contributed by atoms with Crippen molar-refractivity contribution in [3.8, 4) is 5.75 Å². The minimum atomic E-state index is -3.59. The first kappa shape index (κ1) is 15.3. The Labute approximate surface area is 115 Å². The van der Waals surface area contributed by atoms with Crippen LogP contribution in [0.5, 0.6) is 5.75 Å². The SMILES string of the molecule is COc1cc(Cl)c(C(=O)N=C(N)N)cc1S(C)(=O)=O. The molecule has 4 N–H and O–H groups in total. The number of ether oxygens (including phenoxy) is 1.